The number of nitrogens with zero attached hydrogens (tertiary/aromatic N) is 2. The van der Waals surface area contributed by atoms with Crippen LogP contribution >= 0.6 is 45.2 Å². The van der Waals surface area contributed by atoms with Crippen molar-refractivity contribution in [2.45, 2.75) is 6.43 Å². The first kappa shape index (κ1) is 11.9. The Morgan fingerprint density at radius 2 is 2.07 bits per heavy atom. The van der Waals surface area contributed by atoms with E-state index >= 15 is 0 Å². The SMILES string of the molecule is O=[N+]([O-])c1cc(I)c(I)c(C(F)F)n1. The Kier molecular flexibility index (Phi) is 3.92. The molecule has 1 heterocycles. The zero-order chi connectivity index (χ0) is 10.9. The van der Waals surface area contributed by atoms with Gasteiger partial charge in [0.25, 0.3) is 0 Å². The molecule has 76 valence electrons. The summed E-state index contributed by atoms with van der Waals surface area (Å²) in [6.07, 6.45) is -2.80. The van der Waals surface area contributed by atoms with Crippen molar-refractivity contribution >= 4 is 51.0 Å². The Hall–Kier alpha value is -0.130. The standard InChI is InChI=1S/C6H2F2I2N2O2/c7-6(8)5-4(10)2(9)1-3(11-5)12(13)14/h1,6H. The summed E-state index contributed by atoms with van der Waals surface area (Å²) in [5.74, 6) is -0.551. The van der Waals surface area contributed by atoms with Gasteiger partial charge in [0.2, 0.25) is 5.69 Å². The van der Waals surface area contributed by atoms with E-state index in [4.69, 9.17) is 0 Å². The van der Waals surface area contributed by atoms with Gasteiger partial charge >= 0.3 is 12.2 Å². The molecule has 0 aromatic carbocycles. The van der Waals surface area contributed by atoms with Crippen LogP contribution in [0.2, 0.25) is 0 Å². The van der Waals surface area contributed by atoms with Crippen molar-refractivity contribution in [3.05, 3.63) is 29.0 Å². The molecule has 0 N–H and O–H groups in total. The van der Waals surface area contributed by atoms with Gasteiger partial charge in [0, 0.05) is 3.57 Å². The van der Waals surface area contributed by atoms with E-state index in [1.807, 2.05) is 0 Å². The molecule has 0 bridgehead atoms. The van der Waals surface area contributed by atoms with E-state index in [0.29, 0.717) is 3.57 Å². The Balaban J connectivity index is 3.35. The summed E-state index contributed by atoms with van der Waals surface area (Å²) in [4.78, 5) is 12.8. The van der Waals surface area contributed by atoms with Gasteiger partial charge < -0.3 is 10.1 Å². The average Bonchev–Trinajstić information content (AvgIpc) is 2.08. The third-order valence-electron chi connectivity index (χ3n) is 1.32. The van der Waals surface area contributed by atoms with E-state index in [2.05, 4.69) is 4.98 Å². The monoisotopic (exact) mass is 426 g/mol. The molecule has 0 amide bonds. The van der Waals surface area contributed by atoms with Gasteiger partial charge in [-0.05, 0) is 55.1 Å². The van der Waals surface area contributed by atoms with Gasteiger partial charge in [0.05, 0.1) is 9.64 Å². The molecular weight excluding hydrogens is 424 g/mol. The highest BCUT2D eigenvalue weighted by Crippen LogP contribution is 2.28. The number of pyridine rings is 1. The molecule has 1 rings (SSSR count). The highest BCUT2D eigenvalue weighted by Gasteiger charge is 2.24. The van der Waals surface area contributed by atoms with Crippen LogP contribution in [0.15, 0.2) is 6.07 Å². The number of nitro groups is 1. The molecule has 0 aliphatic carbocycles. The van der Waals surface area contributed by atoms with Crippen molar-refractivity contribution in [3.63, 3.8) is 0 Å². The molecule has 0 saturated heterocycles. The largest absolute Gasteiger partial charge is 0.365 e. The lowest BCUT2D eigenvalue weighted by atomic mass is 10.3. The van der Waals surface area contributed by atoms with Gasteiger partial charge in [0.15, 0.2) is 0 Å². The van der Waals surface area contributed by atoms with Crippen molar-refractivity contribution in [3.8, 4) is 0 Å². The second kappa shape index (κ2) is 4.59. The molecule has 0 atom stereocenters. The van der Waals surface area contributed by atoms with Crippen molar-refractivity contribution in [1.29, 1.82) is 0 Å². The average molecular weight is 426 g/mol. The Labute approximate surface area is 105 Å². The lowest BCUT2D eigenvalue weighted by molar-refractivity contribution is -0.389. The Morgan fingerprint density at radius 1 is 1.50 bits per heavy atom. The quantitative estimate of drug-likeness (QED) is 0.415. The summed E-state index contributed by atoms with van der Waals surface area (Å²) >= 11 is 3.44. The fourth-order valence-corrected chi connectivity index (χ4v) is 1.81. The van der Waals surface area contributed by atoms with Crippen LogP contribution in [0.4, 0.5) is 14.6 Å². The summed E-state index contributed by atoms with van der Waals surface area (Å²) in [5, 5.41) is 10.3. The second-order valence-corrected chi connectivity index (χ2v) is 4.46. The summed E-state index contributed by atoms with van der Waals surface area (Å²) in [6.45, 7) is 0. The summed E-state index contributed by atoms with van der Waals surface area (Å²) in [5.41, 5.74) is -0.538. The highest BCUT2D eigenvalue weighted by atomic mass is 127. The van der Waals surface area contributed by atoms with Crippen LogP contribution in [-0.2, 0) is 0 Å². The highest BCUT2D eigenvalue weighted by molar-refractivity contribution is 14.1. The van der Waals surface area contributed by atoms with Crippen LogP contribution in [0.25, 0.3) is 0 Å². The van der Waals surface area contributed by atoms with Crippen LogP contribution in [0.3, 0.4) is 0 Å². The molecule has 0 aliphatic rings. The van der Waals surface area contributed by atoms with Gasteiger partial charge in [-0.1, -0.05) is 0 Å². The fourth-order valence-electron chi connectivity index (χ4n) is 0.742. The minimum Gasteiger partial charge on any atom is -0.358 e. The van der Waals surface area contributed by atoms with Crippen LogP contribution in [-0.4, -0.2) is 9.91 Å². The van der Waals surface area contributed by atoms with E-state index in [-0.39, 0.29) is 3.57 Å². The van der Waals surface area contributed by atoms with Crippen LogP contribution in [0.5, 0.6) is 0 Å². The van der Waals surface area contributed by atoms with E-state index < -0.39 is 22.9 Å². The molecule has 4 nitrogen and oxygen atoms in total. The predicted octanol–water partition coefficient (Wildman–Crippen LogP) is 3.14. The third-order valence-corrected chi connectivity index (χ3v) is 4.34. The molecule has 0 unspecified atom stereocenters. The third kappa shape index (κ3) is 2.46. The van der Waals surface area contributed by atoms with Gasteiger partial charge in [-0.15, -0.1) is 0 Å². The number of hydrogen-bond donors (Lipinski definition) is 0. The fraction of sp³-hybridized carbons (Fsp3) is 0.167. The maximum absolute atomic E-state index is 12.4. The van der Waals surface area contributed by atoms with E-state index in [1.54, 1.807) is 45.2 Å². The number of aromatic nitrogens is 1. The predicted molar refractivity (Wildman–Crippen MR) is 61.3 cm³/mol. The Morgan fingerprint density at radius 3 is 2.50 bits per heavy atom. The maximum atomic E-state index is 12.4. The van der Waals surface area contributed by atoms with Crippen molar-refractivity contribution in [1.82, 2.24) is 4.98 Å². The number of halogens is 4. The minimum atomic E-state index is -2.80. The zero-order valence-corrected chi connectivity index (χ0v) is 10.7. The van der Waals surface area contributed by atoms with Gasteiger partial charge in [-0.25, -0.2) is 8.78 Å². The zero-order valence-electron chi connectivity index (χ0n) is 6.38. The summed E-state index contributed by atoms with van der Waals surface area (Å²) in [6, 6.07) is 1.16. The second-order valence-electron chi connectivity index (χ2n) is 2.22. The lowest BCUT2D eigenvalue weighted by Crippen LogP contribution is -2.02. The molecule has 0 fully saturated rings. The van der Waals surface area contributed by atoms with Gasteiger partial charge in [-0.3, -0.25) is 0 Å². The molecule has 0 spiro atoms. The summed E-state index contributed by atoms with van der Waals surface area (Å²) < 4.78 is 25.4. The molecular formula is C6H2F2I2N2O2. The molecule has 0 aliphatic heterocycles. The lowest BCUT2D eigenvalue weighted by Gasteiger charge is -2.00. The van der Waals surface area contributed by atoms with Gasteiger partial charge in [0.1, 0.15) is 0 Å². The minimum absolute atomic E-state index is 0.254. The molecule has 8 heteroatoms. The summed E-state index contributed by atoms with van der Waals surface area (Å²) in [7, 11) is 0. The number of hydrogen-bond acceptors (Lipinski definition) is 3. The van der Waals surface area contributed by atoms with Crippen LogP contribution < -0.4 is 0 Å². The molecule has 1 aromatic heterocycles. The Bertz CT molecular complexity index is 386. The smallest absolute Gasteiger partial charge is 0.358 e. The van der Waals surface area contributed by atoms with Crippen LogP contribution in [0.1, 0.15) is 12.1 Å². The maximum Gasteiger partial charge on any atom is 0.365 e. The van der Waals surface area contributed by atoms with Gasteiger partial charge in [-0.2, -0.15) is 0 Å². The van der Waals surface area contributed by atoms with E-state index in [0.717, 1.165) is 6.07 Å². The molecule has 14 heavy (non-hydrogen) atoms. The normalized spacial score (nSPS) is 10.6. The number of rotatable bonds is 2. The van der Waals surface area contributed by atoms with Crippen molar-refractivity contribution in [2.75, 3.05) is 0 Å². The molecule has 1 aromatic rings. The topological polar surface area (TPSA) is 56.0 Å². The van der Waals surface area contributed by atoms with Crippen molar-refractivity contribution in [2.24, 2.45) is 0 Å². The molecule has 0 radical (unpaired) electrons. The first-order valence-corrected chi connectivity index (χ1v) is 5.37. The van der Waals surface area contributed by atoms with Crippen molar-refractivity contribution < 1.29 is 13.7 Å². The van der Waals surface area contributed by atoms with E-state index in [1.165, 1.54) is 0 Å². The number of alkyl halides is 2. The van der Waals surface area contributed by atoms with Crippen LogP contribution in [0, 0.1) is 17.3 Å². The first-order chi connectivity index (χ1) is 6.43. The molecule has 0 saturated carbocycles. The first-order valence-electron chi connectivity index (χ1n) is 3.22. The van der Waals surface area contributed by atoms with E-state index in [9.17, 15) is 18.9 Å².